The normalized spacial score (nSPS) is 31.6. The molecule has 0 unspecified atom stereocenters. The molecule has 0 bridgehead atoms. The van der Waals surface area contributed by atoms with Crippen LogP contribution in [0.4, 0.5) is 0 Å². The fraction of sp³-hybridized carbons (Fsp3) is 0.571. The second kappa shape index (κ2) is 7.12. The molecule has 1 aliphatic rings. The summed E-state index contributed by atoms with van der Waals surface area (Å²) in [5.74, 6) is 1.23. The van der Waals surface area contributed by atoms with Crippen LogP contribution in [0.2, 0.25) is 0 Å². The van der Waals surface area contributed by atoms with Gasteiger partial charge in [0.15, 0.2) is 11.5 Å². The Morgan fingerprint density at radius 1 is 1.00 bits per heavy atom. The molecule has 1 saturated heterocycles. The minimum absolute atomic E-state index is 0.307. The van der Waals surface area contributed by atoms with E-state index in [-0.39, 0.29) is 0 Å². The summed E-state index contributed by atoms with van der Waals surface area (Å²) >= 11 is 0. The molecule has 4 N–H and O–H groups in total. The molecular formula is C14H20O8. The monoisotopic (exact) mass is 316 g/mol. The molecule has 2 rings (SSSR count). The van der Waals surface area contributed by atoms with Crippen molar-refractivity contribution in [2.75, 3.05) is 20.8 Å². The van der Waals surface area contributed by atoms with E-state index in [9.17, 15) is 15.3 Å². The van der Waals surface area contributed by atoms with Crippen LogP contribution >= 0.6 is 0 Å². The first kappa shape index (κ1) is 16.8. The Balaban J connectivity index is 2.15. The molecule has 0 spiro atoms. The van der Waals surface area contributed by atoms with E-state index in [0.717, 1.165) is 0 Å². The lowest BCUT2D eigenvalue weighted by Crippen LogP contribution is -2.60. The first-order valence-electron chi connectivity index (χ1n) is 6.71. The van der Waals surface area contributed by atoms with Crippen molar-refractivity contribution in [3.8, 4) is 17.2 Å². The third kappa shape index (κ3) is 3.26. The maximum Gasteiger partial charge on any atom is 0.229 e. The van der Waals surface area contributed by atoms with Gasteiger partial charge < -0.3 is 39.4 Å². The van der Waals surface area contributed by atoms with Crippen LogP contribution in [0.1, 0.15) is 0 Å². The number of aliphatic hydroxyl groups excluding tert-OH is 4. The Hall–Kier alpha value is -1.58. The van der Waals surface area contributed by atoms with E-state index in [1.54, 1.807) is 12.1 Å². The molecule has 124 valence electrons. The smallest absolute Gasteiger partial charge is 0.229 e. The van der Waals surface area contributed by atoms with Crippen LogP contribution < -0.4 is 14.2 Å². The van der Waals surface area contributed by atoms with Gasteiger partial charge in [-0.3, -0.25) is 0 Å². The van der Waals surface area contributed by atoms with Crippen LogP contribution in [0.3, 0.4) is 0 Å². The van der Waals surface area contributed by atoms with E-state index in [1.165, 1.54) is 20.3 Å². The predicted molar refractivity (Wildman–Crippen MR) is 73.9 cm³/mol. The van der Waals surface area contributed by atoms with Crippen LogP contribution in [0.15, 0.2) is 18.2 Å². The summed E-state index contributed by atoms with van der Waals surface area (Å²) in [6, 6.07) is 4.71. The van der Waals surface area contributed by atoms with E-state index in [1.807, 2.05) is 0 Å². The van der Waals surface area contributed by atoms with Crippen LogP contribution in [0.5, 0.6) is 17.2 Å². The van der Waals surface area contributed by atoms with E-state index in [4.69, 9.17) is 24.1 Å². The first-order valence-corrected chi connectivity index (χ1v) is 6.71. The molecule has 0 radical (unpaired) electrons. The maximum atomic E-state index is 9.91. The van der Waals surface area contributed by atoms with E-state index in [2.05, 4.69) is 0 Å². The molecule has 1 aliphatic heterocycles. The minimum Gasteiger partial charge on any atom is -0.493 e. The van der Waals surface area contributed by atoms with Gasteiger partial charge in [-0.05, 0) is 12.1 Å². The third-order valence-electron chi connectivity index (χ3n) is 3.46. The average molecular weight is 316 g/mol. The van der Waals surface area contributed by atoms with Crippen LogP contribution in [-0.4, -0.2) is 72.0 Å². The number of hydrogen-bond acceptors (Lipinski definition) is 8. The summed E-state index contributed by atoms with van der Waals surface area (Å²) in [7, 11) is 2.96. The molecule has 0 saturated carbocycles. The largest absolute Gasteiger partial charge is 0.493 e. The number of rotatable bonds is 5. The van der Waals surface area contributed by atoms with Crippen molar-refractivity contribution < 1.29 is 39.4 Å². The van der Waals surface area contributed by atoms with Crippen molar-refractivity contribution in [1.82, 2.24) is 0 Å². The number of ether oxygens (including phenoxy) is 4. The molecule has 1 fully saturated rings. The van der Waals surface area contributed by atoms with Crippen molar-refractivity contribution in [3.63, 3.8) is 0 Å². The molecule has 22 heavy (non-hydrogen) atoms. The van der Waals surface area contributed by atoms with Crippen LogP contribution in [0, 0.1) is 0 Å². The topological polar surface area (TPSA) is 118 Å². The Labute approximate surface area is 127 Å². The third-order valence-corrected chi connectivity index (χ3v) is 3.46. The molecule has 0 aliphatic carbocycles. The van der Waals surface area contributed by atoms with Crippen molar-refractivity contribution in [2.24, 2.45) is 0 Å². The van der Waals surface area contributed by atoms with E-state index in [0.29, 0.717) is 17.2 Å². The number of methoxy groups -OCH3 is 2. The summed E-state index contributed by atoms with van der Waals surface area (Å²) in [5.41, 5.74) is 0. The maximum absolute atomic E-state index is 9.91. The van der Waals surface area contributed by atoms with E-state index < -0.39 is 37.3 Å². The zero-order valence-electron chi connectivity index (χ0n) is 12.2. The highest BCUT2D eigenvalue weighted by atomic mass is 16.7. The van der Waals surface area contributed by atoms with Gasteiger partial charge in [0.05, 0.1) is 20.8 Å². The van der Waals surface area contributed by atoms with Crippen molar-refractivity contribution in [2.45, 2.75) is 30.7 Å². The Bertz CT molecular complexity index is 492. The predicted octanol–water partition coefficient (Wildman–Crippen LogP) is -1.12. The fourth-order valence-electron chi connectivity index (χ4n) is 2.19. The summed E-state index contributed by atoms with van der Waals surface area (Å²) in [5, 5.41) is 38.5. The molecule has 1 aromatic carbocycles. The standard InChI is InChI=1S/C14H20O8/c1-19-8-4-3-7(5-9(8)20-2)21-14-13(18)12(17)11(16)10(6-15)22-14/h3-5,10-18H,6H2,1-2H3/t10-,11-,12+,13-,14+/m1/s1. The van der Waals surface area contributed by atoms with Crippen LogP contribution in [0.25, 0.3) is 0 Å². The van der Waals surface area contributed by atoms with Crippen LogP contribution in [-0.2, 0) is 4.74 Å². The van der Waals surface area contributed by atoms with Gasteiger partial charge in [0, 0.05) is 6.07 Å². The van der Waals surface area contributed by atoms with Gasteiger partial charge in [-0.2, -0.15) is 0 Å². The number of hydrogen-bond donors (Lipinski definition) is 4. The first-order chi connectivity index (χ1) is 10.5. The molecule has 5 atom stereocenters. The van der Waals surface area contributed by atoms with Crippen molar-refractivity contribution >= 4 is 0 Å². The highest BCUT2D eigenvalue weighted by Gasteiger charge is 2.44. The molecule has 8 nitrogen and oxygen atoms in total. The fourth-order valence-corrected chi connectivity index (χ4v) is 2.19. The lowest BCUT2D eigenvalue weighted by molar-refractivity contribution is -0.277. The van der Waals surface area contributed by atoms with Gasteiger partial charge >= 0.3 is 0 Å². The highest BCUT2D eigenvalue weighted by Crippen LogP contribution is 2.32. The Morgan fingerprint density at radius 2 is 1.68 bits per heavy atom. The molecule has 0 aromatic heterocycles. The van der Waals surface area contributed by atoms with E-state index >= 15 is 0 Å². The number of aliphatic hydroxyl groups is 4. The molecule has 1 aromatic rings. The Morgan fingerprint density at radius 3 is 2.27 bits per heavy atom. The lowest BCUT2D eigenvalue weighted by atomic mass is 9.99. The zero-order valence-corrected chi connectivity index (χ0v) is 12.2. The van der Waals surface area contributed by atoms with Gasteiger partial charge in [0.2, 0.25) is 6.29 Å². The van der Waals surface area contributed by atoms with Gasteiger partial charge in [-0.1, -0.05) is 0 Å². The lowest BCUT2D eigenvalue weighted by Gasteiger charge is -2.39. The molecule has 0 amide bonds. The molecular weight excluding hydrogens is 296 g/mol. The molecule has 8 heteroatoms. The zero-order chi connectivity index (χ0) is 16.3. The van der Waals surface area contributed by atoms with Gasteiger partial charge in [0.25, 0.3) is 0 Å². The van der Waals surface area contributed by atoms with Gasteiger partial charge in [-0.15, -0.1) is 0 Å². The van der Waals surface area contributed by atoms with Crippen molar-refractivity contribution in [1.29, 1.82) is 0 Å². The Kier molecular flexibility index (Phi) is 5.43. The quantitative estimate of drug-likeness (QED) is 0.540. The SMILES string of the molecule is COc1ccc(O[C@H]2O[C@H](CO)[C@@H](O)[C@H](O)[C@H]2O)cc1OC. The summed E-state index contributed by atoms with van der Waals surface area (Å²) < 4.78 is 21.0. The summed E-state index contributed by atoms with van der Waals surface area (Å²) in [6.07, 6.45) is -6.65. The molecule has 1 heterocycles. The average Bonchev–Trinajstić information content (AvgIpc) is 2.55. The van der Waals surface area contributed by atoms with Gasteiger partial charge in [0.1, 0.15) is 30.2 Å². The van der Waals surface area contributed by atoms with Crippen molar-refractivity contribution in [3.05, 3.63) is 18.2 Å². The summed E-state index contributed by atoms with van der Waals surface area (Å²) in [4.78, 5) is 0. The van der Waals surface area contributed by atoms with Gasteiger partial charge in [-0.25, -0.2) is 0 Å². The minimum atomic E-state index is -1.49. The highest BCUT2D eigenvalue weighted by molar-refractivity contribution is 5.45. The second-order valence-electron chi connectivity index (χ2n) is 4.83. The number of benzene rings is 1. The second-order valence-corrected chi connectivity index (χ2v) is 4.83. The summed E-state index contributed by atoms with van der Waals surface area (Å²) in [6.45, 7) is -0.517.